The first-order valence-corrected chi connectivity index (χ1v) is 16.1. The lowest BCUT2D eigenvalue weighted by Gasteiger charge is -2.24. The number of hydrogen-bond acceptors (Lipinski definition) is 9. The number of fused-ring (bicyclic) bond motifs is 2. The number of aliphatic hydroxyl groups excluding tert-OH is 1. The number of aliphatic hydroxyl groups is 1. The van der Waals surface area contributed by atoms with E-state index in [2.05, 4.69) is 6.92 Å². The third-order valence-electron chi connectivity index (χ3n) is 7.99. The minimum Gasteiger partial charge on any atom is -0.507 e. The summed E-state index contributed by atoms with van der Waals surface area (Å²) in [5.74, 6) is 0.645. The molecule has 1 saturated heterocycles. The number of hydrogen-bond donors (Lipinski definition) is 1. The zero-order valence-corrected chi connectivity index (χ0v) is 26.6. The average molecular weight is 629 g/mol. The van der Waals surface area contributed by atoms with Crippen molar-refractivity contribution >= 4 is 44.1 Å². The number of benzene rings is 3. The maximum absolute atomic E-state index is 13.8. The summed E-state index contributed by atoms with van der Waals surface area (Å²) in [6.45, 7) is 6.93. The predicted octanol–water partition coefficient (Wildman–Crippen LogP) is 7.22. The van der Waals surface area contributed by atoms with Gasteiger partial charge in [0.05, 0.1) is 42.2 Å². The number of rotatable bonds is 11. The van der Waals surface area contributed by atoms with Gasteiger partial charge < -0.3 is 24.1 Å². The Morgan fingerprint density at radius 3 is 2.67 bits per heavy atom. The van der Waals surface area contributed by atoms with Gasteiger partial charge in [0.2, 0.25) is 0 Å². The summed E-state index contributed by atoms with van der Waals surface area (Å²) >= 11 is 1.27. The average Bonchev–Trinajstić information content (AvgIpc) is 3.71. The number of nitrogens with zero attached hydrogens (tertiary/aromatic N) is 2. The summed E-state index contributed by atoms with van der Waals surface area (Å²) in [4.78, 5) is 33.8. The lowest BCUT2D eigenvalue weighted by Crippen LogP contribution is -2.29. The van der Waals surface area contributed by atoms with E-state index >= 15 is 0 Å². The van der Waals surface area contributed by atoms with Gasteiger partial charge in [-0.15, -0.1) is 0 Å². The highest BCUT2D eigenvalue weighted by Gasteiger charge is 2.48. The molecule has 1 fully saturated rings. The molecule has 1 N–H and O–H groups in total. The molecule has 3 heterocycles. The molecule has 2 aliphatic rings. The number of methoxy groups -OCH3 is 1. The number of carbonyl (C=O) groups is 2. The van der Waals surface area contributed by atoms with Gasteiger partial charge in [-0.2, -0.15) is 0 Å². The monoisotopic (exact) mass is 628 g/mol. The second-order valence-corrected chi connectivity index (χ2v) is 12.2. The third kappa shape index (κ3) is 5.82. The van der Waals surface area contributed by atoms with Crippen LogP contribution >= 0.6 is 11.3 Å². The van der Waals surface area contributed by atoms with Crippen LogP contribution in [0.4, 0.5) is 5.13 Å². The molecule has 3 aromatic carbocycles. The van der Waals surface area contributed by atoms with Crippen LogP contribution in [0.1, 0.15) is 62.8 Å². The number of anilines is 1. The molecule has 45 heavy (non-hydrogen) atoms. The maximum Gasteiger partial charge on any atom is 0.301 e. The third-order valence-corrected chi connectivity index (χ3v) is 9.01. The fourth-order valence-electron chi connectivity index (χ4n) is 5.81. The molecule has 0 bridgehead atoms. The van der Waals surface area contributed by atoms with E-state index in [-0.39, 0.29) is 17.4 Å². The number of ether oxygens (including phenoxy) is 4. The van der Waals surface area contributed by atoms with Crippen molar-refractivity contribution in [2.45, 2.75) is 58.6 Å². The van der Waals surface area contributed by atoms with Crippen LogP contribution in [-0.4, -0.2) is 48.2 Å². The number of amides is 1. The van der Waals surface area contributed by atoms with Crippen molar-refractivity contribution in [3.05, 3.63) is 76.9 Å². The molecule has 0 spiro atoms. The van der Waals surface area contributed by atoms with Crippen molar-refractivity contribution in [3.8, 4) is 23.0 Å². The van der Waals surface area contributed by atoms with Gasteiger partial charge >= 0.3 is 5.91 Å². The molecular weight excluding hydrogens is 592 g/mol. The molecule has 2 aliphatic heterocycles. The van der Waals surface area contributed by atoms with Gasteiger partial charge in [0.1, 0.15) is 23.4 Å². The summed E-state index contributed by atoms with van der Waals surface area (Å²) in [6.07, 6.45) is 3.74. The largest absolute Gasteiger partial charge is 0.507 e. The fourth-order valence-corrected chi connectivity index (χ4v) is 6.83. The first-order valence-electron chi connectivity index (χ1n) is 15.3. The lowest BCUT2D eigenvalue weighted by molar-refractivity contribution is -0.132. The van der Waals surface area contributed by atoms with Gasteiger partial charge in [0.15, 0.2) is 16.6 Å². The van der Waals surface area contributed by atoms with E-state index in [1.165, 1.54) is 16.2 Å². The van der Waals surface area contributed by atoms with E-state index in [1.54, 1.807) is 37.4 Å². The smallest absolute Gasteiger partial charge is 0.301 e. The molecule has 2 atom stereocenters. The molecule has 0 aliphatic carbocycles. The molecule has 6 rings (SSSR count). The van der Waals surface area contributed by atoms with Gasteiger partial charge in [-0.3, -0.25) is 14.5 Å². The molecule has 0 saturated carbocycles. The van der Waals surface area contributed by atoms with Crippen molar-refractivity contribution in [1.29, 1.82) is 0 Å². The van der Waals surface area contributed by atoms with E-state index in [0.29, 0.717) is 58.7 Å². The standard InChI is InChI=1S/C35H36N2O7S/c1-5-7-8-15-43-27-14-9-21(18-28(27)42-6-2)31-30(32(38)22-10-13-26-23(17-22)16-20(3)44-26)33(39)34(40)37(31)35-36-25-12-11-24(41-4)19-29(25)45-35/h9-14,17-20,31,38H,5-8,15-16H2,1-4H3/b32-30+/t20-,31+/m1/s1. The zero-order chi connectivity index (χ0) is 31.7. The van der Waals surface area contributed by atoms with E-state index in [9.17, 15) is 14.7 Å². The summed E-state index contributed by atoms with van der Waals surface area (Å²) in [5, 5.41) is 12.1. The zero-order valence-electron chi connectivity index (χ0n) is 25.8. The molecule has 9 nitrogen and oxygen atoms in total. The maximum atomic E-state index is 13.8. The van der Waals surface area contributed by atoms with Crippen molar-refractivity contribution in [2.24, 2.45) is 0 Å². The number of carbonyl (C=O) groups excluding carboxylic acids is 2. The molecule has 4 aromatic rings. The first kappa shape index (κ1) is 30.5. The van der Waals surface area contributed by atoms with Crippen LogP contribution in [0.2, 0.25) is 0 Å². The fraction of sp³-hybridized carbons (Fsp3) is 0.343. The van der Waals surface area contributed by atoms with Gasteiger partial charge in [0.25, 0.3) is 5.78 Å². The SMILES string of the molecule is CCCCCOc1ccc([C@H]2/C(=C(\O)c3ccc4c(c3)C[C@@H](C)O4)C(=O)C(=O)N2c2nc3ccc(OC)cc3s2)cc1OCC. The van der Waals surface area contributed by atoms with Gasteiger partial charge in [0, 0.05) is 12.0 Å². The van der Waals surface area contributed by atoms with Crippen molar-refractivity contribution in [2.75, 3.05) is 25.2 Å². The Bertz CT molecular complexity index is 1800. The van der Waals surface area contributed by atoms with E-state index in [1.807, 2.05) is 38.1 Å². The van der Waals surface area contributed by atoms with Gasteiger partial charge in [-0.25, -0.2) is 4.98 Å². The number of ketones is 1. The first-order chi connectivity index (χ1) is 21.8. The Morgan fingerprint density at radius 2 is 1.89 bits per heavy atom. The minimum absolute atomic E-state index is 0.0142. The molecule has 10 heteroatoms. The molecule has 1 amide bonds. The predicted molar refractivity (Wildman–Crippen MR) is 174 cm³/mol. The van der Waals surface area contributed by atoms with Crippen LogP contribution in [0.15, 0.2) is 60.2 Å². The van der Waals surface area contributed by atoms with Crippen molar-refractivity contribution in [1.82, 2.24) is 4.98 Å². The number of aromatic nitrogens is 1. The Kier molecular flexibility index (Phi) is 8.67. The van der Waals surface area contributed by atoms with Crippen LogP contribution in [0.3, 0.4) is 0 Å². The van der Waals surface area contributed by atoms with Crippen LogP contribution < -0.4 is 23.8 Å². The molecule has 0 unspecified atom stereocenters. The highest BCUT2D eigenvalue weighted by atomic mass is 32.1. The van der Waals surface area contributed by atoms with Gasteiger partial charge in [-0.05, 0) is 79.9 Å². The van der Waals surface area contributed by atoms with Crippen molar-refractivity contribution in [3.63, 3.8) is 0 Å². The number of thiazole rings is 1. The summed E-state index contributed by atoms with van der Waals surface area (Å²) in [7, 11) is 1.58. The Balaban J connectivity index is 1.49. The van der Waals surface area contributed by atoms with Crippen LogP contribution in [-0.2, 0) is 16.0 Å². The topological polar surface area (TPSA) is 107 Å². The highest BCUT2D eigenvalue weighted by Crippen LogP contribution is 2.46. The quantitative estimate of drug-likeness (QED) is 0.0803. The Morgan fingerprint density at radius 1 is 1.04 bits per heavy atom. The molecule has 1 aromatic heterocycles. The summed E-state index contributed by atoms with van der Waals surface area (Å²) < 4.78 is 24.0. The van der Waals surface area contributed by atoms with Crippen LogP contribution in [0, 0.1) is 0 Å². The van der Waals surface area contributed by atoms with E-state index in [4.69, 9.17) is 23.9 Å². The van der Waals surface area contributed by atoms with Crippen molar-refractivity contribution < 1.29 is 33.6 Å². The minimum atomic E-state index is -0.968. The normalized spacial score (nSPS) is 18.7. The molecule has 234 valence electrons. The summed E-state index contributed by atoms with van der Waals surface area (Å²) in [5.41, 5.74) is 2.58. The summed E-state index contributed by atoms with van der Waals surface area (Å²) in [6, 6.07) is 15.2. The second kappa shape index (κ2) is 12.8. The number of unbranched alkanes of at least 4 members (excludes halogenated alkanes) is 2. The second-order valence-electron chi connectivity index (χ2n) is 11.1. The van der Waals surface area contributed by atoms with Crippen LogP contribution in [0.5, 0.6) is 23.0 Å². The number of Topliss-reactive ketones (excluding diaryl/α,β-unsaturated/α-hetero) is 1. The Hall–Kier alpha value is -4.57. The van der Waals surface area contributed by atoms with Crippen LogP contribution in [0.25, 0.3) is 16.0 Å². The lowest BCUT2D eigenvalue weighted by atomic mass is 9.94. The molecule has 0 radical (unpaired) electrons. The van der Waals surface area contributed by atoms with E-state index < -0.39 is 17.7 Å². The molecular formula is C35H36N2O7S. The highest BCUT2D eigenvalue weighted by molar-refractivity contribution is 7.22. The van der Waals surface area contributed by atoms with Gasteiger partial charge in [-0.1, -0.05) is 37.2 Å². The van der Waals surface area contributed by atoms with E-state index in [0.717, 1.165) is 35.3 Å². The Labute approximate surface area is 266 Å².